The number of amides is 1. The molecule has 1 aromatic carbocycles. The summed E-state index contributed by atoms with van der Waals surface area (Å²) in [7, 11) is 5.61. The van der Waals surface area contributed by atoms with E-state index in [2.05, 4.69) is 10.3 Å². The predicted molar refractivity (Wildman–Crippen MR) is 103 cm³/mol. The molecule has 0 fully saturated rings. The zero-order valence-corrected chi connectivity index (χ0v) is 15.4. The lowest BCUT2D eigenvalue weighted by atomic mass is 10.1. The fourth-order valence-electron chi connectivity index (χ4n) is 2.89. The van der Waals surface area contributed by atoms with Gasteiger partial charge in [-0.15, -0.1) is 0 Å². The van der Waals surface area contributed by atoms with Crippen LogP contribution in [0.5, 0.6) is 5.75 Å². The summed E-state index contributed by atoms with van der Waals surface area (Å²) in [5, 5.41) is 4.01. The number of aromatic nitrogens is 2. The Morgan fingerprint density at radius 2 is 2.12 bits per heavy atom. The first kappa shape index (κ1) is 17.9. The Bertz CT molecular complexity index is 902. The fraction of sp³-hybridized carbons (Fsp3) is 0.300. The van der Waals surface area contributed by atoms with Crippen molar-refractivity contribution in [2.45, 2.75) is 6.54 Å². The molecule has 0 saturated carbocycles. The molecule has 0 aliphatic rings. The van der Waals surface area contributed by atoms with Crippen LogP contribution in [0.1, 0.15) is 0 Å². The number of nitrogens with one attached hydrogen (secondary N) is 1. The molecule has 1 N–H and O–H groups in total. The quantitative estimate of drug-likeness (QED) is 0.709. The van der Waals surface area contributed by atoms with Gasteiger partial charge in [-0.2, -0.15) is 0 Å². The van der Waals surface area contributed by atoms with Crippen LogP contribution in [-0.4, -0.2) is 54.7 Å². The van der Waals surface area contributed by atoms with Gasteiger partial charge in [0.2, 0.25) is 5.91 Å². The minimum absolute atomic E-state index is 0.00945. The number of hydrogen-bond donors (Lipinski definition) is 1. The first-order chi connectivity index (χ1) is 12.6. The maximum Gasteiger partial charge on any atom is 0.239 e. The lowest BCUT2D eigenvalue weighted by Gasteiger charge is -2.12. The van der Waals surface area contributed by atoms with Crippen LogP contribution in [0.4, 0.5) is 0 Å². The number of fused-ring (bicyclic) bond motifs is 1. The average Bonchev–Trinajstić information content (AvgIpc) is 3.04. The summed E-state index contributed by atoms with van der Waals surface area (Å²) < 4.78 is 7.27. The number of ether oxygens (including phenoxy) is 1. The van der Waals surface area contributed by atoms with Gasteiger partial charge in [-0.3, -0.25) is 9.78 Å². The number of carbonyl (C=O) groups excluding carboxylic acids is 1. The molecule has 6 nitrogen and oxygen atoms in total. The largest absolute Gasteiger partial charge is 0.497 e. The smallest absolute Gasteiger partial charge is 0.239 e. The summed E-state index contributed by atoms with van der Waals surface area (Å²) in [5.41, 5.74) is 2.75. The number of rotatable bonds is 7. The number of carbonyl (C=O) groups is 1. The Labute approximate surface area is 153 Å². The average molecular weight is 352 g/mol. The SMILES string of the molecule is COc1cccc(-c2nccc3ccn(CC(=O)NCCN(C)C)c23)c1. The van der Waals surface area contributed by atoms with Crippen LogP contribution in [0.3, 0.4) is 0 Å². The molecule has 0 unspecified atom stereocenters. The van der Waals surface area contributed by atoms with E-state index < -0.39 is 0 Å². The second-order valence-electron chi connectivity index (χ2n) is 6.43. The molecule has 3 aromatic rings. The molecular formula is C20H24N4O2. The van der Waals surface area contributed by atoms with Gasteiger partial charge in [0.15, 0.2) is 0 Å². The Hall–Kier alpha value is -2.86. The van der Waals surface area contributed by atoms with E-state index in [9.17, 15) is 4.79 Å². The van der Waals surface area contributed by atoms with E-state index in [1.165, 1.54) is 0 Å². The molecule has 0 radical (unpaired) electrons. The number of benzene rings is 1. The van der Waals surface area contributed by atoms with Gasteiger partial charge in [-0.05, 0) is 38.4 Å². The lowest BCUT2D eigenvalue weighted by Crippen LogP contribution is -2.33. The first-order valence-corrected chi connectivity index (χ1v) is 8.58. The zero-order valence-electron chi connectivity index (χ0n) is 15.4. The zero-order chi connectivity index (χ0) is 18.5. The van der Waals surface area contributed by atoms with Crippen molar-refractivity contribution < 1.29 is 9.53 Å². The van der Waals surface area contributed by atoms with E-state index in [1.54, 1.807) is 13.3 Å². The van der Waals surface area contributed by atoms with Crippen molar-refractivity contribution in [3.05, 3.63) is 48.8 Å². The minimum atomic E-state index is -0.00945. The molecule has 0 aliphatic heterocycles. The van der Waals surface area contributed by atoms with E-state index in [4.69, 9.17) is 4.74 Å². The Morgan fingerprint density at radius 3 is 2.88 bits per heavy atom. The molecule has 0 atom stereocenters. The second-order valence-corrected chi connectivity index (χ2v) is 6.43. The van der Waals surface area contributed by atoms with Gasteiger partial charge in [-0.1, -0.05) is 12.1 Å². The molecule has 0 bridgehead atoms. The second kappa shape index (κ2) is 8.01. The minimum Gasteiger partial charge on any atom is -0.497 e. The van der Waals surface area contributed by atoms with Crippen molar-refractivity contribution in [1.29, 1.82) is 0 Å². The van der Waals surface area contributed by atoms with Crippen LogP contribution in [0, 0.1) is 0 Å². The Morgan fingerprint density at radius 1 is 1.27 bits per heavy atom. The Balaban J connectivity index is 1.89. The van der Waals surface area contributed by atoms with E-state index >= 15 is 0 Å². The van der Waals surface area contributed by atoms with E-state index in [1.807, 2.05) is 66.2 Å². The van der Waals surface area contributed by atoms with Gasteiger partial charge in [0.25, 0.3) is 0 Å². The molecule has 3 rings (SSSR count). The summed E-state index contributed by atoms with van der Waals surface area (Å²) >= 11 is 0. The van der Waals surface area contributed by atoms with Gasteiger partial charge >= 0.3 is 0 Å². The topological polar surface area (TPSA) is 59.4 Å². The third-order valence-corrected chi connectivity index (χ3v) is 4.22. The summed E-state index contributed by atoms with van der Waals surface area (Å²) in [5.74, 6) is 0.769. The highest BCUT2D eigenvalue weighted by atomic mass is 16.5. The Kier molecular flexibility index (Phi) is 5.53. The van der Waals surface area contributed by atoms with Crippen molar-refractivity contribution in [2.75, 3.05) is 34.3 Å². The van der Waals surface area contributed by atoms with Crippen LogP contribution < -0.4 is 10.1 Å². The van der Waals surface area contributed by atoms with Crippen molar-refractivity contribution >= 4 is 16.8 Å². The summed E-state index contributed by atoms with van der Waals surface area (Å²) in [6, 6.07) is 11.8. The maximum atomic E-state index is 12.3. The number of pyridine rings is 1. The van der Waals surface area contributed by atoms with Crippen LogP contribution >= 0.6 is 0 Å². The van der Waals surface area contributed by atoms with E-state index in [0.29, 0.717) is 6.54 Å². The van der Waals surface area contributed by atoms with Gasteiger partial charge in [0.1, 0.15) is 12.3 Å². The van der Waals surface area contributed by atoms with Gasteiger partial charge in [0.05, 0.1) is 18.3 Å². The third-order valence-electron chi connectivity index (χ3n) is 4.22. The monoisotopic (exact) mass is 352 g/mol. The highest BCUT2D eigenvalue weighted by molar-refractivity contribution is 5.93. The molecule has 2 aromatic heterocycles. The molecule has 0 saturated heterocycles. The van der Waals surface area contributed by atoms with Crippen molar-refractivity contribution in [3.63, 3.8) is 0 Å². The molecule has 6 heteroatoms. The maximum absolute atomic E-state index is 12.3. The first-order valence-electron chi connectivity index (χ1n) is 8.58. The molecule has 0 aliphatic carbocycles. The van der Waals surface area contributed by atoms with Crippen molar-refractivity contribution in [2.24, 2.45) is 0 Å². The molecule has 2 heterocycles. The van der Waals surface area contributed by atoms with Gasteiger partial charge in [-0.25, -0.2) is 0 Å². The van der Waals surface area contributed by atoms with Crippen LogP contribution in [0.15, 0.2) is 48.8 Å². The fourth-order valence-corrected chi connectivity index (χ4v) is 2.89. The number of likely N-dealkylation sites (N-methyl/N-ethyl adjacent to an activating group) is 1. The standard InChI is InChI=1S/C20H24N4O2/c1-23(2)12-10-21-18(25)14-24-11-8-15-7-9-22-19(20(15)24)16-5-4-6-17(13-16)26-3/h4-9,11,13H,10,12,14H2,1-3H3,(H,21,25). The lowest BCUT2D eigenvalue weighted by molar-refractivity contribution is -0.121. The number of methoxy groups -OCH3 is 1. The van der Waals surface area contributed by atoms with Gasteiger partial charge in [0, 0.05) is 36.4 Å². The van der Waals surface area contributed by atoms with Gasteiger partial charge < -0.3 is 19.5 Å². The van der Waals surface area contributed by atoms with Crippen molar-refractivity contribution in [3.8, 4) is 17.0 Å². The summed E-state index contributed by atoms with van der Waals surface area (Å²) in [6.07, 6.45) is 3.72. The highest BCUT2D eigenvalue weighted by Crippen LogP contribution is 2.29. The number of hydrogen-bond acceptors (Lipinski definition) is 4. The van der Waals surface area contributed by atoms with Crippen molar-refractivity contribution in [1.82, 2.24) is 19.8 Å². The summed E-state index contributed by atoms with van der Waals surface area (Å²) in [6.45, 7) is 1.71. The predicted octanol–water partition coefficient (Wildman–Crippen LogP) is 2.39. The molecule has 26 heavy (non-hydrogen) atoms. The number of nitrogens with zero attached hydrogens (tertiary/aromatic N) is 3. The highest BCUT2D eigenvalue weighted by Gasteiger charge is 2.13. The molecule has 136 valence electrons. The molecule has 1 amide bonds. The van der Waals surface area contributed by atoms with Crippen LogP contribution in [-0.2, 0) is 11.3 Å². The molecule has 0 spiro atoms. The summed E-state index contributed by atoms with van der Waals surface area (Å²) in [4.78, 5) is 18.9. The van der Waals surface area contributed by atoms with Crippen LogP contribution in [0.2, 0.25) is 0 Å². The third kappa shape index (κ3) is 4.03. The normalized spacial score (nSPS) is 11.1. The van der Waals surface area contributed by atoms with E-state index in [0.717, 1.165) is 34.5 Å². The van der Waals surface area contributed by atoms with E-state index in [-0.39, 0.29) is 12.5 Å². The van der Waals surface area contributed by atoms with Crippen LogP contribution in [0.25, 0.3) is 22.2 Å². The molecular weight excluding hydrogens is 328 g/mol.